The lowest BCUT2D eigenvalue weighted by atomic mass is 10.2. The molecule has 0 unspecified atom stereocenters. The van der Waals surface area contributed by atoms with Gasteiger partial charge in [0.2, 0.25) is 0 Å². The highest BCUT2D eigenvalue weighted by Gasteiger charge is 2.12. The summed E-state index contributed by atoms with van der Waals surface area (Å²) >= 11 is 0. The Bertz CT molecular complexity index is 576. The van der Waals surface area contributed by atoms with Gasteiger partial charge in [0.1, 0.15) is 12.1 Å². The molecule has 1 aromatic carbocycles. The molecule has 0 radical (unpaired) electrons. The Morgan fingerprint density at radius 3 is 2.81 bits per heavy atom. The molecule has 0 atom stereocenters. The smallest absolute Gasteiger partial charge is 0.168 e. The highest BCUT2D eigenvalue weighted by molar-refractivity contribution is 6.02. The number of rotatable bonds is 6. The van der Waals surface area contributed by atoms with Crippen molar-refractivity contribution in [1.82, 2.24) is 14.6 Å². The van der Waals surface area contributed by atoms with Crippen molar-refractivity contribution in [2.24, 2.45) is 5.10 Å². The third-order valence-corrected chi connectivity index (χ3v) is 2.93. The molecule has 0 spiro atoms. The van der Waals surface area contributed by atoms with Crippen LogP contribution < -0.4 is 4.74 Å². The Labute approximate surface area is 125 Å². The zero-order valence-electron chi connectivity index (χ0n) is 12.9. The average Bonchev–Trinajstić information content (AvgIpc) is 2.99. The van der Waals surface area contributed by atoms with Crippen LogP contribution in [0.15, 0.2) is 48.1 Å². The lowest BCUT2D eigenvalue weighted by Gasteiger charge is -2.15. The van der Waals surface area contributed by atoms with Gasteiger partial charge in [0.05, 0.1) is 12.2 Å². The van der Waals surface area contributed by atoms with E-state index in [1.165, 1.54) is 0 Å². The van der Waals surface area contributed by atoms with Gasteiger partial charge < -0.3 is 9.75 Å². The topological polar surface area (TPSA) is 42.6 Å². The van der Waals surface area contributed by atoms with Gasteiger partial charge in [-0.2, -0.15) is 5.10 Å². The summed E-state index contributed by atoms with van der Waals surface area (Å²) in [6, 6.07) is 7.97. The third-order valence-electron chi connectivity index (χ3n) is 2.93. The number of para-hydroxylation sites is 1. The normalized spacial score (nSPS) is 11.5. The summed E-state index contributed by atoms with van der Waals surface area (Å²) in [5, 5.41) is 6.35. The van der Waals surface area contributed by atoms with Crippen LogP contribution in [-0.4, -0.2) is 41.1 Å². The van der Waals surface area contributed by atoms with Crippen molar-refractivity contribution in [2.45, 2.75) is 19.8 Å². The van der Waals surface area contributed by atoms with Crippen LogP contribution in [0.1, 0.15) is 25.3 Å². The Hall–Kier alpha value is -2.30. The van der Waals surface area contributed by atoms with Crippen molar-refractivity contribution in [2.75, 3.05) is 20.7 Å². The Morgan fingerprint density at radius 2 is 2.14 bits per heavy atom. The van der Waals surface area contributed by atoms with Gasteiger partial charge in [-0.15, -0.1) is 0 Å². The van der Waals surface area contributed by atoms with E-state index in [9.17, 15) is 0 Å². The highest BCUT2D eigenvalue weighted by Crippen LogP contribution is 2.20. The SMILES string of the molecule is CCCCOc1ccccc1C(=NN(C)C)n1ccnc1. The first-order valence-electron chi connectivity index (χ1n) is 7.19. The van der Waals surface area contributed by atoms with Gasteiger partial charge >= 0.3 is 0 Å². The van der Waals surface area contributed by atoms with E-state index >= 15 is 0 Å². The molecule has 21 heavy (non-hydrogen) atoms. The van der Waals surface area contributed by atoms with Crippen LogP contribution in [0.3, 0.4) is 0 Å². The first-order valence-corrected chi connectivity index (χ1v) is 7.19. The molecule has 0 fully saturated rings. The molecule has 0 aliphatic rings. The van der Waals surface area contributed by atoms with E-state index in [0.29, 0.717) is 6.61 Å². The predicted molar refractivity (Wildman–Crippen MR) is 84.7 cm³/mol. The molecule has 112 valence electrons. The molecule has 2 aromatic rings. The second kappa shape index (κ2) is 7.47. The van der Waals surface area contributed by atoms with Gasteiger partial charge in [0, 0.05) is 26.5 Å². The van der Waals surface area contributed by atoms with Gasteiger partial charge in [0.15, 0.2) is 5.84 Å². The number of aromatic nitrogens is 2. The van der Waals surface area contributed by atoms with Crippen LogP contribution in [0, 0.1) is 0 Å². The molecule has 1 heterocycles. The summed E-state index contributed by atoms with van der Waals surface area (Å²) in [6.45, 7) is 2.87. The summed E-state index contributed by atoms with van der Waals surface area (Å²) in [5.74, 6) is 1.64. The standard InChI is InChI=1S/C16H22N4O/c1-4-5-12-21-15-9-7-6-8-14(15)16(18-19(2)3)20-11-10-17-13-20/h6-11,13H,4-5,12H2,1-3H3. The van der Waals surface area contributed by atoms with Crippen LogP contribution in [0.5, 0.6) is 5.75 Å². The quantitative estimate of drug-likeness (QED) is 0.355. The van der Waals surface area contributed by atoms with E-state index in [-0.39, 0.29) is 0 Å². The van der Waals surface area contributed by atoms with E-state index in [2.05, 4.69) is 17.0 Å². The van der Waals surface area contributed by atoms with E-state index in [1.54, 1.807) is 17.5 Å². The molecule has 0 N–H and O–H groups in total. The summed E-state index contributed by atoms with van der Waals surface area (Å²) in [4.78, 5) is 4.10. The van der Waals surface area contributed by atoms with Crippen LogP contribution >= 0.6 is 0 Å². The molecule has 0 aliphatic carbocycles. The molecular formula is C16H22N4O. The number of hydrogen-bond acceptors (Lipinski definition) is 4. The molecule has 5 nitrogen and oxygen atoms in total. The van der Waals surface area contributed by atoms with Crippen molar-refractivity contribution >= 4 is 5.84 Å². The van der Waals surface area contributed by atoms with Crippen molar-refractivity contribution < 1.29 is 4.74 Å². The summed E-state index contributed by atoms with van der Waals surface area (Å²) in [5.41, 5.74) is 0.959. The maximum Gasteiger partial charge on any atom is 0.168 e. The number of unbranched alkanes of at least 4 members (excludes halogenated alkanes) is 1. The summed E-state index contributed by atoms with van der Waals surface area (Å²) in [7, 11) is 3.80. The minimum Gasteiger partial charge on any atom is -0.493 e. The Balaban J connectivity index is 2.36. The monoisotopic (exact) mass is 286 g/mol. The van der Waals surface area contributed by atoms with Crippen LogP contribution in [0.4, 0.5) is 0 Å². The van der Waals surface area contributed by atoms with Crippen LogP contribution in [-0.2, 0) is 0 Å². The highest BCUT2D eigenvalue weighted by atomic mass is 16.5. The molecule has 0 amide bonds. The molecule has 0 aliphatic heterocycles. The zero-order chi connectivity index (χ0) is 15.1. The lowest BCUT2D eigenvalue weighted by molar-refractivity contribution is 0.308. The second-order valence-electron chi connectivity index (χ2n) is 4.94. The fourth-order valence-corrected chi connectivity index (χ4v) is 1.92. The Morgan fingerprint density at radius 1 is 1.33 bits per heavy atom. The number of hydrogen-bond donors (Lipinski definition) is 0. The molecule has 0 bridgehead atoms. The van der Waals surface area contributed by atoms with Gasteiger partial charge in [0.25, 0.3) is 0 Å². The lowest BCUT2D eigenvalue weighted by Crippen LogP contribution is -2.18. The minimum atomic E-state index is 0.715. The minimum absolute atomic E-state index is 0.715. The molecular weight excluding hydrogens is 264 g/mol. The molecule has 5 heteroatoms. The number of hydrazone groups is 1. The van der Waals surface area contributed by atoms with E-state index in [1.807, 2.05) is 49.1 Å². The van der Waals surface area contributed by atoms with Gasteiger partial charge in [-0.25, -0.2) is 4.98 Å². The third kappa shape index (κ3) is 4.08. The maximum atomic E-state index is 5.91. The maximum absolute atomic E-state index is 5.91. The largest absolute Gasteiger partial charge is 0.493 e. The van der Waals surface area contributed by atoms with E-state index in [0.717, 1.165) is 30.0 Å². The molecule has 2 rings (SSSR count). The number of nitrogens with zero attached hydrogens (tertiary/aromatic N) is 4. The van der Waals surface area contributed by atoms with Gasteiger partial charge in [-0.05, 0) is 18.6 Å². The van der Waals surface area contributed by atoms with Crippen molar-refractivity contribution in [1.29, 1.82) is 0 Å². The second-order valence-corrected chi connectivity index (χ2v) is 4.94. The van der Waals surface area contributed by atoms with Gasteiger partial charge in [-0.1, -0.05) is 25.5 Å². The molecule has 0 saturated carbocycles. The molecule has 1 aromatic heterocycles. The average molecular weight is 286 g/mol. The first kappa shape index (κ1) is 15.1. The van der Waals surface area contributed by atoms with E-state index in [4.69, 9.17) is 4.74 Å². The Kier molecular flexibility index (Phi) is 5.37. The van der Waals surface area contributed by atoms with Crippen molar-refractivity contribution in [3.05, 3.63) is 48.5 Å². The number of imidazole rings is 1. The number of benzene rings is 1. The molecule has 0 saturated heterocycles. The fraction of sp³-hybridized carbons (Fsp3) is 0.375. The van der Waals surface area contributed by atoms with Crippen molar-refractivity contribution in [3.63, 3.8) is 0 Å². The zero-order valence-corrected chi connectivity index (χ0v) is 12.9. The summed E-state index contributed by atoms with van der Waals surface area (Å²) < 4.78 is 7.80. The summed E-state index contributed by atoms with van der Waals surface area (Å²) in [6.07, 6.45) is 7.52. The number of ether oxygens (including phenoxy) is 1. The first-order chi connectivity index (χ1) is 10.2. The van der Waals surface area contributed by atoms with Crippen LogP contribution in [0.2, 0.25) is 0 Å². The predicted octanol–water partition coefficient (Wildman–Crippen LogP) is 2.83. The van der Waals surface area contributed by atoms with Crippen molar-refractivity contribution in [3.8, 4) is 5.75 Å². The van der Waals surface area contributed by atoms with E-state index < -0.39 is 0 Å². The van der Waals surface area contributed by atoms with Crippen LogP contribution in [0.25, 0.3) is 0 Å². The van der Waals surface area contributed by atoms with Gasteiger partial charge in [-0.3, -0.25) is 4.57 Å². The fourth-order valence-electron chi connectivity index (χ4n) is 1.92.